The lowest BCUT2D eigenvalue weighted by atomic mass is 9.89. The Hall–Kier alpha value is -3.48. The van der Waals surface area contributed by atoms with Crippen molar-refractivity contribution in [2.45, 2.75) is 44.6 Å². The lowest BCUT2D eigenvalue weighted by molar-refractivity contribution is -0.136. The largest absolute Gasteiger partial charge is 0.481 e. The number of aromatic nitrogens is 3. The Labute approximate surface area is 183 Å². The summed E-state index contributed by atoms with van der Waals surface area (Å²) < 4.78 is 30.3. The summed E-state index contributed by atoms with van der Waals surface area (Å²) in [6.45, 7) is 0.551. The lowest BCUT2D eigenvalue weighted by Crippen LogP contribution is -2.21. The highest BCUT2D eigenvalue weighted by atomic mass is 19.1. The monoisotopic (exact) mass is 435 g/mol. The Balaban J connectivity index is 1.48. The second-order valence-electron chi connectivity index (χ2n) is 8.45. The topological polar surface area (TPSA) is 70.9 Å². The second kappa shape index (κ2) is 8.22. The van der Waals surface area contributed by atoms with Gasteiger partial charge in [0.25, 0.3) is 0 Å². The maximum Gasteiger partial charge on any atom is 0.307 e. The van der Waals surface area contributed by atoms with Gasteiger partial charge in [-0.25, -0.2) is 8.78 Å². The first-order chi connectivity index (χ1) is 15.5. The van der Waals surface area contributed by atoms with Gasteiger partial charge in [0.05, 0.1) is 18.1 Å². The number of carbonyl (C=O) groups is 1. The third-order valence-corrected chi connectivity index (χ3v) is 6.43. The number of benzene rings is 1. The highest BCUT2D eigenvalue weighted by Crippen LogP contribution is 2.38. The van der Waals surface area contributed by atoms with E-state index in [0.717, 1.165) is 28.9 Å². The minimum atomic E-state index is -0.918. The van der Waals surface area contributed by atoms with Gasteiger partial charge in [-0.1, -0.05) is 29.9 Å². The van der Waals surface area contributed by atoms with E-state index in [2.05, 4.69) is 10.2 Å². The number of aliphatic carboxylic acids is 1. The summed E-state index contributed by atoms with van der Waals surface area (Å²) in [5.74, 6) is -1.41. The Bertz CT molecular complexity index is 1300. The van der Waals surface area contributed by atoms with E-state index in [4.69, 9.17) is 0 Å². The molecule has 0 bridgehead atoms. The van der Waals surface area contributed by atoms with E-state index in [9.17, 15) is 18.7 Å². The predicted octanol–water partition coefficient (Wildman–Crippen LogP) is 5.14. The molecule has 1 atom stereocenters. The molecule has 2 aliphatic rings. The first kappa shape index (κ1) is 20.4. The number of nitrogens with zero attached hydrogens (tertiary/aromatic N) is 2. The van der Waals surface area contributed by atoms with Crippen LogP contribution in [0.15, 0.2) is 60.1 Å². The van der Waals surface area contributed by atoms with Gasteiger partial charge in [0, 0.05) is 29.2 Å². The predicted molar refractivity (Wildman–Crippen MR) is 118 cm³/mol. The molecule has 3 heterocycles. The van der Waals surface area contributed by atoms with Crippen LogP contribution in [-0.4, -0.2) is 25.8 Å². The molecule has 1 unspecified atom stereocenters. The molecule has 0 saturated heterocycles. The van der Waals surface area contributed by atoms with Crippen LogP contribution in [0, 0.1) is 5.82 Å². The number of hydrogen-bond donors (Lipinski definition) is 2. The molecule has 0 spiro atoms. The molecule has 0 fully saturated rings. The molecule has 0 radical (unpaired) electrons. The number of rotatable bonds is 5. The summed E-state index contributed by atoms with van der Waals surface area (Å²) in [4.78, 5) is 11.5. The van der Waals surface area contributed by atoms with E-state index in [1.54, 1.807) is 12.1 Å². The molecule has 1 aliphatic heterocycles. The molecule has 3 aromatic rings. The van der Waals surface area contributed by atoms with Crippen LogP contribution in [0.4, 0.5) is 8.78 Å². The summed E-state index contributed by atoms with van der Waals surface area (Å²) in [7, 11) is 0. The number of fused-ring (bicyclic) bond motifs is 3. The van der Waals surface area contributed by atoms with Crippen LogP contribution in [0.1, 0.15) is 41.3 Å². The maximum atomic E-state index is 14.8. The number of allylic oxidation sites excluding steroid dienone is 6. The molecular formula is C25H23F2N3O2. The van der Waals surface area contributed by atoms with Crippen LogP contribution >= 0.6 is 0 Å². The van der Waals surface area contributed by atoms with Crippen molar-refractivity contribution in [3.8, 4) is 0 Å². The molecule has 164 valence electrons. The third-order valence-electron chi connectivity index (χ3n) is 6.43. The molecule has 0 saturated carbocycles. The molecule has 5 nitrogen and oxygen atoms in total. The SMILES string of the molecule is O=C(O)Cc1c2n(c3c(F)cccc13)CC(c1[nH]ncc1CC1=CC=C(F)C=CC1)CC2. The maximum absolute atomic E-state index is 14.8. The fourth-order valence-corrected chi connectivity index (χ4v) is 5.02. The molecule has 32 heavy (non-hydrogen) atoms. The van der Waals surface area contributed by atoms with Crippen molar-refractivity contribution >= 4 is 16.9 Å². The molecule has 2 N–H and O–H groups in total. The van der Waals surface area contributed by atoms with Crippen molar-refractivity contribution in [1.29, 1.82) is 0 Å². The standard InChI is InChI=1S/C25H23F2N3O2/c26-18-4-1-3-15(7-9-18)11-17-13-28-29-24(17)16-8-10-22-20(12-23(31)32)19-5-2-6-21(27)25(19)30(22)14-16/h1-2,4-7,9,13,16H,3,8,10-12,14H2,(H,28,29)(H,31,32). The van der Waals surface area contributed by atoms with Crippen molar-refractivity contribution in [3.05, 3.63) is 88.4 Å². The molecule has 7 heteroatoms. The molecule has 1 aliphatic carbocycles. The van der Waals surface area contributed by atoms with E-state index >= 15 is 0 Å². The average Bonchev–Trinajstić information content (AvgIpc) is 3.28. The first-order valence-electron chi connectivity index (χ1n) is 10.8. The van der Waals surface area contributed by atoms with Crippen LogP contribution in [0.25, 0.3) is 10.9 Å². The van der Waals surface area contributed by atoms with Gasteiger partial charge in [-0.05, 0) is 55.0 Å². The summed E-state index contributed by atoms with van der Waals surface area (Å²) in [6, 6.07) is 4.85. The lowest BCUT2D eigenvalue weighted by Gasteiger charge is -2.26. The fourth-order valence-electron chi connectivity index (χ4n) is 5.02. The van der Waals surface area contributed by atoms with Gasteiger partial charge in [-0.15, -0.1) is 0 Å². The van der Waals surface area contributed by atoms with E-state index in [0.29, 0.717) is 42.3 Å². The minimum absolute atomic E-state index is 0.0992. The molecule has 5 rings (SSSR count). The minimum Gasteiger partial charge on any atom is -0.481 e. The Morgan fingerprint density at radius 3 is 3.00 bits per heavy atom. The average molecular weight is 435 g/mol. The Morgan fingerprint density at radius 1 is 1.28 bits per heavy atom. The number of H-pyrrole nitrogens is 1. The first-order valence-corrected chi connectivity index (χ1v) is 10.8. The summed E-state index contributed by atoms with van der Waals surface area (Å²) in [5.41, 5.74) is 5.24. The number of hydrogen-bond acceptors (Lipinski definition) is 2. The van der Waals surface area contributed by atoms with Crippen molar-refractivity contribution in [1.82, 2.24) is 14.8 Å². The normalized spacial score (nSPS) is 18.2. The van der Waals surface area contributed by atoms with E-state index < -0.39 is 5.97 Å². The quantitative estimate of drug-likeness (QED) is 0.583. The van der Waals surface area contributed by atoms with Gasteiger partial charge in [-0.2, -0.15) is 5.10 Å². The number of carboxylic acids is 1. The van der Waals surface area contributed by atoms with Gasteiger partial charge in [0.1, 0.15) is 11.6 Å². The summed E-state index contributed by atoms with van der Waals surface area (Å²) in [5, 5.41) is 17.5. The zero-order valence-electron chi connectivity index (χ0n) is 17.4. The number of para-hydroxylation sites is 1. The van der Waals surface area contributed by atoms with Crippen molar-refractivity contribution in [2.75, 3.05) is 0 Å². The van der Waals surface area contributed by atoms with Crippen molar-refractivity contribution in [2.24, 2.45) is 0 Å². The van der Waals surface area contributed by atoms with Crippen LogP contribution < -0.4 is 0 Å². The summed E-state index contributed by atoms with van der Waals surface area (Å²) >= 11 is 0. The third kappa shape index (κ3) is 3.68. The molecule has 1 aromatic carbocycles. The smallest absolute Gasteiger partial charge is 0.307 e. The Kier molecular flexibility index (Phi) is 5.25. The van der Waals surface area contributed by atoms with Gasteiger partial charge in [0.2, 0.25) is 0 Å². The number of halogens is 2. The van der Waals surface area contributed by atoms with E-state index in [1.807, 2.05) is 22.9 Å². The van der Waals surface area contributed by atoms with Gasteiger partial charge < -0.3 is 9.67 Å². The van der Waals surface area contributed by atoms with Crippen LogP contribution in [0.3, 0.4) is 0 Å². The van der Waals surface area contributed by atoms with E-state index in [-0.39, 0.29) is 24.0 Å². The number of nitrogens with one attached hydrogen (secondary N) is 1. The second-order valence-corrected chi connectivity index (χ2v) is 8.45. The molecule has 0 amide bonds. The van der Waals surface area contributed by atoms with Crippen LogP contribution in [-0.2, 0) is 30.6 Å². The Morgan fingerprint density at radius 2 is 2.16 bits per heavy atom. The summed E-state index contributed by atoms with van der Waals surface area (Å²) in [6.07, 6.45) is 11.1. The number of carboxylic acid groups (broad SMARTS) is 1. The van der Waals surface area contributed by atoms with E-state index in [1.165, 1.54) is 18.2 Å². The van der Waals surface area contributed by atoms with Crippen LogP contribution in [0.5, 0.6) is 0 Å². The zero-order chi connectivity index (χ0) is 22.2. The molecule has 2 aromatic heterocycles. The van der Waals surface area contributed by atoms with Crippen molar-refractivity contribution in [3.63, 3.8) is 0 Å². The fraction of sp³-hybridized carbons (Fsp3) is 0.280. The van der Waals surface area contributed by atoms with Gasteiger partial charge >= 0.3 is 5.97 Å². The zero-order valence-corrected chi connectivity index (χ0v) is 17.4. The van der Waals surface area contributed by atoms with Crippen molar-refractivity contribution < 1.29 is 18.7 Å². The van der Waals surface area contributed by atoms with Crippen LogP contribution in [0.2, 0.25) is 0 Å². The van der Waals surface area contributed by atoms with Gasteiger partial charge in [0.15, 0.2) is 0 Å². The van der Waals surface area contributed by atoms with Gasteiger partial charge in [-0.3, -0.25) is 9.89 Å². The number of aromatic amines is 1. The highest BCUT2D eigenvalue weighted by Gasteiger charge is 2.29. The molecular weight excluding hydrogens is 412 g/mol. The highest BCUT2D eigenvalue weighted by molar-refractivity contribution is 5.89.